The number of aromatic nitrogens is 3. The van der Waals surface area contributed by atoms with E-state index in [0.29, 0.717) is 0 Å². The standard InChI is InChI=1S/C8H14N4O/c1-2-10-12(9-1)4-3-11-5-7-13-8-6-11/h1-2H,3-8H2/p+1. The Kier molecular flexibility index (Phi) is 2.89. The third-order valence-corrected chi connectivity index (χ3v) is 2.24. The molecule has 13 heavy (non-hydrogen) atoms. The summed E-state index contributed by atoms with van der Waals surface area (Å²) in [5.74, 6) is 0. The molecule has 5 heteroatoms. The molecule has 1 aromatic heterocycles. The summed E-state index contributed by atoms with van der Waals surface area (Å²) >= 11 is 0. The van der Waals surface area contributed by atoms with Crippen molar-refractivity contribution >= 4 is 0 Å². The van der Waals surface area contributed by atoms with Crippen LogP contribution in [0.3, 0.4) is 0 Å². The highest BCUT2D eigenvalue weighted by Gasteiger charge is 2.10. The molecule has 0 bridgehead atoms. The highest BCUT2D eigenvalue weighted by molar-refractivity contribution is 4.60. The summed E-state index contributed by atoms with van der Waals surface area (Å²) < 4.78 is 5.26. The van der Waals surface area contributed by atoms with Crippen molar-refractivity contribution in [3.63, 3.8) is 0 Å². The summed E-state index contributed by atoms with van der Waals surface area (Å²) in [5, 5.41) is 7.13. The fourth-order valence-corrected chi connectivity index (χ4v) is 1.45. The van der Waals surface area contributed by atoms with E-state index in [1.54, 1.807) is 6.20 Å². The zero-order valence-electron chi connectivity index (χ0n) is 7.65. The number of rotatable bonds is 3. The van der Waals surface area contributed by atoms with Gasteiger partial charge in [0.05, 0.1) is 13.2 Å². The molecule has 0 unspecified atom stereocenters. The van der Waals surface area contributed by atoms with Gasteiger partial charge in [-0.3, -0.25) is 4.90 Å². The Morgan fingerprint density at radius 2 is 2.15 bits per heavy atom. The van der Waals surface area contributed by atoms with Gasteiger partial charge in [0.1, 0.15) is 6.54 Å². The van der Waals surface area contributed by atoms with Crippen molar-refractivity contribution in [1.82, 2.24) is 14.8 Å². The molecule has 0 radical (unpaired) electrons. The number of aromatic amines is 1. The van der Waals surface area contributed by atoms with E-state index in [9.17, 15) is 0 Å². The lowest BCUT2D eigenvalue weighted by atomic mass is 10.4. The molecule has 1 N–H and O–H groups in total. The summed E-state index contributed by atoms with van der Waals surface area (Å²) in [5.41, 5.74) is 0. The number of hydrogen-bond donors (Lipinski definition) is 0. The van der Waals surface area contributed by atoms with Crippen LogP contribution in [0.15, 0.2) is 12.4 Å². The van der Waals surface area contributed by atoms with Gasteiger partial charge in [-0.25, -0.2) is 0 Å². The first kappa shape index (κ1) is 8.65. The lowest BCUT2D eigenvalue weighted by molar-refractivity contribution is -0.497. The molecule has 0 aromatic carbocycles. The second-order valence-corrected chi connectivity index (χ2v) is 3.14. The quantitative estimate of drug-likeness (QED) is 0.605. The maximum absolute atomic E-state index is 5.26. The largest absolute Gasteiger partial charge is 0.379 e. The van der Waals surface area contributed by atoms with Gasteiger partial charge in [0.15, 0.2) is 6.20 Å². The summed E-state index contributed by atoms with van der Waals surface area (Å²) in [6.07, 6.45) is 3.60. The molecular weight excluding hydrogens is 168 g/mol. The minimum atomic E-state index is 0.864. The van der Waals surface area contributed by atoms with E-state index in [-0.39, 0.29) is 0 Å². The number of ether oxygens (including phenoxy) is 1. The van der Waals surface area contributed by atoms with Crippen LogP contribution in [-0.4, -0.2) is 47.6 Å². The minimum Gasteiger partial charge on any atom is -0.379 e. The molecule has 1 aromatic rings. The van der Waals surface area contributed by atoms with E-state index in [2.05, 4.69) is 15.1 Å². The monoisotopic (exact) mass is 183 g/mol. The Hall–Kier alpha value is -0.940. The third kappa shape index (κ3) is 2.50. The van der Waals surface area contributed by atoms with E-state index in [1.807, 2.05) is 11.0 Å². The minimum absolute atomic E-state index is 0.864. The van der Waals surface area contributed by atoms with Crippen LogP contribution in [0.2, 0.25) is 0 Å². The summed E-state index contributed by atoms with van der Waals surface area (Å²) in [7, 11) is 0. The smallest absolute Gasteiger partial charge is 0.206 e. The SMILES string of the molecule is c1c[nH+]n(CCN2CCOCC2)n1. The molecule has 2 heterocycles. The normalized spacial score (nSPS) is 19.1. The first-order valence-electron chi connectivity index (χ1n) is 4.65. The van der Waals surface area contributed by atoms with E-state index in [4.69, 9.17) is 4.74 Å². The molecular formula is C8H15N4O+. The van der Waals surface area contributed by atoms with Crippen LogP contribution in [0.1, 0.15) is 0 Å². The number of morpholine rings is 1. The number of nitrogens with zero attached hydrogens (tertiary/aromatic N) is 3. The first-order chi connectivity index (χ1) is 6.45. The highest BCUT2D eigenvalue weighted by Crippen LogP contribution is 1.95. The number of hydrogen-bond acceptors (Lipinski definition) is 3. The van der Waals surface area contributed by atoms with Crippen LogP contribution in [0.25, 0.3) is 0 Å². The van der Waals surface area contributed by atoms with E-state index in [0.717, 1.165) is 39.4 Å². The van der Waals surface area contributed by atoms with Crippen LogP contribution in [-0.2, 0) is 11.3 Å². The fourth-order valence-electron chi connectivity index (χ4n) is 1.45. The van der Waals surface area contributed by atoms with Crippen LogP contribution < -0.4 is 5.10 Å². The lowest BCUT2D eigenvalue weighted by Crippen LogP contribution is -2.39. The Morgan fingerprint density at radius 1 is 1.31 bits per heavy atom. The Bertz CT molecular complexity index is 230. The molecule has 1 fully saturated rings. The topological polar surface area (TPSA) is 44.4 Å². The molecule has 0 spiro atoms. The van der Waals surface area contributed by atoms with Crippen molar-refractivity contribution in [1.29, 1.82) is 0 Å². The van der Waals surface area contributed by atoms with Crippen LogP contribution in [0.4, 0.5) is 0 Å². The van der Waals surface area contributed by atoms with Crippen LogP contribution in [0.5, 0.6) is 0 Å². The van der Waals surface area contributed by atoms with Crippen molar-refractivity contribution in [2.75, 3.05) is 32.8 Å². The summed E-state index contributed by atoms with van der Waals surface area (Å²) in [4.78, 5) is 4.23. The van der Waals surface area contributed by atoms with Gasteiger partial charge in [-0.15, -0.1) is 0 Å². The molecule has 0 atom stereocenters. The summed E-state index contributed by atoms with van der Waals surface area (Å²) in [6, 6.07) is 0. The average molecular weight is 183 g/mol. The average Bonchev–Trinajstić information content (AvgIpc) is 2.69. The van der Waals surface area contributed by atoms with Gasteiger partial charge in [0.25, 0.3) is 0 Å². The van der Waals surface area contributed by atoms with E-state index in [1.165, 1.54) is 0 Å². The molecule has 0 saturated carbocycles. The zero-order valence-corrected chi connectivity index (χ0v) is 7.65. The highest BCUT2D eigenvalue weighted by atomic mass is 16.5. The Labute approximate surface area is 77.3 Å². The zero-order chi connectivity index (χ0) is 8.93. The van der Waals surface area contributed by atoms with Gasteiger partial charge in [0.2, 0.25) is 6.20 Å². The van der Waals surface area contributed by atoms with Crippen molar-refractivity contribution < 1.29 is 9.84 Å². The Balaban J connectivity index is 1.72. The number of H-pyrrole nitrogens is 1. The van der Waals surface area contributed by atoms with Gasteiger partial charge >= 0.3 is 0 Å². The summed E-state index contributed by atoms with van der Waals surface area (Å²) in [6.45, 7) is 5.78. The van der Waals surface area contributed by atoms with Gasteiger partial charge in [-0.1, -0.05) is 0 Å². The first-order valence-corrected chi connectivity index (χ1v) is 4.65. The van der Waals surface area contributed by atoms with Crippen molar-refractivity contribution in [3.05, 3.63) is 12.4 Å². The van der Waals surface area contributed by atoms with Gasteiger partial charge in [-0.05, 0) is 4.80 Å². The molecule has 1 aliphatic rings. The molecule has 1 saturated heterocycles. The maximum Gasteiger partial charge on any atom is 0.206 e. The van der Waals surface area contributed by atoms with E-state index < -0.39 is 0 Å². The molecule has 2 rings (SSSR count). The third-order valence-electron chi connectivity index (χ3n) is 2.24. The second kappa shape index (κ2) is 4.34. The van der Waals surface area contributed by atoms with Gasteiger partial charge < -0.3 is 4.74 Å². The van der Waals surface area contributed by atoms with Crippen LogP contribution in [0, 0.1) is 0 Å². The van der Waals surface area contributed by atoms with E-state index >= 15 is 0 Å². The molecule has 1 aliphatic heterocycles. The molecule has 5 nitrogen and oxygen atoms in total. The van der Waals surface area contributed by atoms with Crippen molar-refractivity contribution in [2.45, 2.75) is 6.54 Å². The lowest BCUT2D eigenvalue weighted by Gasteiger charge is -2.25. The van der Waals surface area contributed by atoms with Crippen molar-refractivity contribution in [3.8, 4) is 0 Å². The predicted molar refractivity (Wildman–Crippen MR) is 46.0 cm³/mol. The van der Waals surface area contributed by atoms with Crippen LogP contribution >= 0.6 is 0 Å². The second-order valence-electron chi connectivity index (χ2n) is 3.14. The molecule has 0 aliphatic carbocycles. The molecule has 72 valence electrons. The fraction of sp³-hybridized carbons (Fsp3) is 0.750. The molecule has 0 amide bonds. The number of nitrogens with one attached hydrogen (secondary N) is 1. The Morgan fingerprint density at radius 3 is 2.85 bits per heavy atom. The maximum atomic E-state index is 5.26. The van der Waals surface area contributed by atoms with Gasteiger partial charge in [-0.2, -0.15) is 5.10 Å². The van der Waals surface area contributed by atoms with Gasteiger partial charge in [0, 0.05) is 24.7 Å². The predicted octanol–water partition coefficient (Wildman–Crippen LogP) is -0.971. The van der Waals surface area contributed by atoms with Crippen molar-refractivity contribution in [2.24, 2.45) is 0 Å².